The minimum atomic E-state index is -0.651. The van der Waals surface area contributed by atoms with Crippen LogP contribution in [0.25, 0.3) is 10.9 Å². The molecule has 2 heterocycles. The summed E-state index contributed by atoms with van der Waals surface area (Å²) in [5.74, 6) is -2.22. The lowest BCUT2D eigenvalue weighted by molar-refractivity contribution is -0.123. The lowest BCUT2D eigenvalue weighted by Crippen LogP contribution is -2.54. The number of ether oxygens (including phenoxy) is 2. The van der Waals surface area contributed by atoms with Crippen LogP contribution in [0.2, 0.25) is 0 Å². The Morgan fingerprint density at radius 2 is 1.69 bits per heavy atom. The van der Waals surface area contributed by atoms with Gasteiger partial charge < -0.3 is 24.7 Å². The van der Waals surface area contributed by atoms with Gasteiger partial charge in [-0.15, -0.1) is 0 Å². The minimum absolute atomic E-state index is 0.111. The fourth-order valence-corrected chi connectivity index (χ4v) is 3.64. The maximum absolute atomic E-state index is 12.8. The molecule has 0 aliphatic carbocycles. The van der Waals surface area contributed by atoms with Crippen LogP contribution in [0.3, 0.4) is 0 Å². The second-order valence-corrected chi connectivity index (χ2v) is 7.39. The van der Waals surface area contributed by atoms with E-state index >= 15 is 0 Å². The highest BCUT2D eigenvalue weighted by molar-refractivity contribution is 6.08. The topological polar surface area (TPSA) is 118 Å². The summed E-state index contributed by atoms with van der Waals surface area (Å²) in [5.41, 5.74) is 1.86. The fourth-order valence-electron chi connectivity index (χ4n) is 3.64. The van der Waals surface area contributed by atoms with E-state index in [1.54, 1.807) is 11.1 Å². The Morgan fingerprint density at radius 3 is 2.41 bits per heavy atom. The molecule has 1 fully saturated rings. The molecule has 2 amide bonds. The number of esters is 2. The van der Waals surface area contributed by atoms with Gasteiger partial charge in [-0.3, -0.25) is 9.59 Å². The van der Waals surface area contributed by atoms with Crippen LogP contribution < -0.4 is 5.32 Å². The smallest absolute Gasteiger partial charge is 0.339 e. The van der Waals surface area contributed by atoms with E-state index in [0.717, 1.165) is 10.9 Å². The van der Waals surface area contributed by atoms with Crippen molar-refractivity contribution in [3.05, 3.63) is 65.4 Å². The summed E-state index contributed by atoms with van der Waals surface area (Å²) in [6.07, 6.45) is 1.67. The van der Waals surface area contributed by atoms with Crippen molar-refractivity contribution in [3.63, 3.8) is 0 Å². The van der Waals surface area contributed by atoms with Crippen molar-refractivity contribution in [2.75, 3.05) is 32.6 Å². The molecule has 9 nitrogen and oxygen atoms in total. The molecular weight excluding hydrogens is 414 g/mol. The highest BCUT2D eigenvalue weighted by Gasteiger charge is 2.37. The van der Waals surface area contributed by atoms with E-state index in [9.17, 15) is 19.2 Å². The number of carbonyl (C=O) groups is 4. The number of methoxy groups -OCH3 is 2. The highest BCUT2D eigenvalue weighted by atomic mass is 16.5. The molecule has 32 heavy (non-hydrogen) atoms. The van der Waals surface area contributed by atoms with E-state index in [1.807, 2.05) is 24.3 Å². The van der Waals surface area contributed by atoms with Crippen LogP contribution in [0, 0.1) is 5.92 Å². The van der Waals surface area contributed by atoms with Crippen molar-refractivity contribution in [1.82, 2.24) is 9.88 Å². The van der Waals surface area contributed by atoms with Gasteiger partial charge in [-0.1, -0.05) is 18.2 Å². The summed E-state index contributed by atoms with van der Waals surface area (Å²) >= 11 is 0. The summed E-state index contributed by atoms with van der Waals surface area (Å²) in [6, 6.07) is 11.7. The Hall–Kier alpha value is -4.14. The normalized spacial score (nSPS) is 13.4. The first-order valence-corrected chi connectivity index (χ1v) is 9.90. The Balaban J connectivity index is 1.46. The predicted molar refractivity (Wildman–Crippen MR) is 115 cm³/mol. The van der Waals surface area contributed by atoms with Crippen LogP contribution in [0.15, 0.2) is 48.7 Å². The summed E-state index contributed by atoms with van der Waals surface area (Å²) in [5, 5.41) is 3.51. The van der Waals surface area contributed by atoms with E-state index in [0.29, 0.717) is 5.56 Å². The maximum Gasteiger partial charge on any atom is 0.339 e. The second kappa shape index (κ2) is 8.54. The number of rotatable bonds is 5. The third-order valence-corrected chi connectivity index (χ3v) is 5.46. The summed E-state index contributed by atoms with van der Waals surface area (Å²) in [7, 11) is 2.46. The molecule has 2 aromatic carbocycles. The minimum Gasteiger partial charge on any atom is -0.465 e. The molecule has 164 valence electrons. The van der Waals surface area contributed by atoms with Crippen LogP contribution in [-0.4, -0.2) is 60.9 Å². The van der Waals surface area contributed by atoms with Crippen molar-refractivity contribution in [2.24, 2.45) is 5.92 Å². The highest BCUT2D eigenvalue weighted by Crippen LogP contribution is 2.26. The van der Waals surface area contributed by atoms with Crippen LogP contribution in [0.1, 0.15) is 31.1 Å². The molecule has 1 aliphatic heterocycles. The number of benzene rings is 2. The van der Waals surface area contributed by atoms with Gasteiger partial charge in [0.1, 0.15) is 0 Å². The number of carbonyl (C=O) groups excluding carboxylic acids is 4. The first-order valence-electron chi connectivity index (χ1n) is 9.90. The zero-order valence-electron chi connectivity index (χ0n) is 17.5. The molecular formula is C23H21N3O6. The number of nitrogens with zero attached hydrogens (tertiary/aromatic N) is 1. The molecule has 3 aromatic rings. The zero-order valence-corrected chi connectivity index (χ0v) is 17.5. The maximum atomic E-state index is 12.8. The van der Waals surface area contributed by atoms with Gasteiger partial charge in [0, 0.05) is 30.2 Å². The largest absolute Gasteiger partial charge is 0.465 e. The van der Waals surface area contributed by atoms with E-state index in [-0.39, 0.29) is 41.7 Å². The average Bonchev–Trinajstić information content (AvgIpc) is 3.21. The molecule has 1 aromatic heterocycles. The van der Waals surface area contributed by atoms with Crippen molar-refractivity contribution >= 4 is 40.3 Å². The summed E-state index contributed by atoms with van der Waals surface area (Å²) < 4.78 is 9.44. The van der Waals surface area contributed by atoms with Crippen molar-refractivity contribution in [1.29, 1.82) is 0 Å². The molecule has 0 atom stereocenters. The van der Waals surface area contributed by atoms with Gasteiger partial charge in [0.25, 0.3) is 5.91 Å². The van der Waals surface area contributed by atoms with Crippen LogP contribution in [0.5, 0.6) is 0 Å². The lowest BCUT2D eigenvalue weighted by Gasteiger charge is -2.38. The first-order chi connectivity index (χ1) is 15.4. The molecule has 0 unspecified atom stereocenters. The number of aromatic nitrogens is 1. The van der Waals surface area contributed by atoms with E-state index in [4.69, 9.17) is 9.47 Å². The van der Waals surface area contributed by atoms with E-state index < -0.39 is 17.9 Å². The predicted octanol–water partition coefficient (Wildman–Crippen LogP) is 2.45. The second-order valence-electron chi connectivity index (χ2n) is 7.39. The Labute approximate surface area is 183 Å². The molecule has 0 saturated carbocycles. The Bertz CT molecular complexity index is 1230. The molecule has 4 rings (SSSR count). The number of fused-ring (bicyclic) bond motifs is 1. The fraction of sp³-hybridized carbons (Fsp3) is 0.217. The van der Waals surface area contributed by atoms with E-state index in [2.05, 4.69) is 10.3 Å². The van der Waals surface area contributed by atoms with Gasteiger partial charge in [-0.2, -0.15) is 0 Å². The van der Waals surface area contributed by atoms with Crippen molar-refractivity contribution in [2.45, 2.75) is 0 Å². The number of anilines is 1. The summed E-state index contributed by atoms with van der Waals surface area (Å²) in [4.78, 5) is 54.1. The summed E-state index contributed by atoms with van der Waals surface area (Å²) in [6.45, 7) is 0.489. The molecule has 0 bridgehead atoms. The zero-order chi connectivity index (χ0) is 22.8. The van der Waals surface area contributed by atoms with Crippen LogP contribution in [-0.2, 0) is 14.3 Å². The average molecular weight is 435 g/mol. The lowest BCUT2D eigenvalue weighted by atomic mass is 9.97. The van der Waals surface area contributed by atoms with Gasteiger partial charge in [-0.25, -0.2) is 9.59 Å². The number of hydrogen-bond acceptors (Lipinski definition) is 6. The van der Waals surface area contributed by atoms with E-state index in [1.165, 1.54) is 32.4 Å². The first kappa shape index (κ1) is 21.1. The van der Waals surface area contributed by atoms with Gasteiger partial charge in [0.15, 0.2) is 0 Å². The van der Waals surface area contributed by atoms with Gasteiger partial charge >= 0.3 is 11.9 Å². The Morgan fingerprint density at radius 1 is 0.969 bits per heavy atom. The third kappa shape index (κ3) is 3.80. The molecule has 1 aliphatic rings. The number of nitrogens with one attached hydrogen (secondary N) is 2. The number of H-pyrrole nitrogens is 1. The SMILES string of the molecule is COC(=O)c1ccc(C(=O)OC)c(NC(=O)C2CN(C(=O)c3c[nH]c4ccccc34)C2)c1. The number of amides is 2. The molecule has 0 spiro atoms. The van der Waals surface area contributed by atoms with Crippen LogP contribution in [0.4, 0.5) is 5.69 Å². The molecule has 2 N–H and O–H groups in total. The monoisotopic (exact) mass is 435 g/mol. The quantitative estimate of drug-likeness (QED) is 0.595. The number of likely N-dealkylation sites (tertiary alicyclic amines) is 1. The number of para-hydroxylation sites is 1. The van der Waals surface area contributed by atoms with Gasteiger partial charge in [0.2, 0.25) is 5.91 Å². The molecule has 9 heteroatoms. The number of hydrogen-bond donors (Lipinski definition) is 2. The van der Waals surface area contributed by atoms with Crippen molar-refractivity contribution < 1.29 is 28.7 Å². The standard InChI is InChI=1S/C23H21N3O6/c1-31-22(29)13-7-8-16(23(30)32-2)19(9-13)25-20(27)14-11-26(12-14)21(28)17-10-24-18-6-4-3-5-15(17)18/h3-10,14,24H,11-12H2,1-2H3,(H,25,27). The van der Waals surface area contributed by atoms with Crippen molar-refractivity contribution in [3.8, 4) is 0 Å². The third-order valence-electron chi connectivity index (χ3n) is 5.46. The molecule has 1 saturated heterocycles. The number of aromatic amines is 1. The molecule has 0 radical (unpaired) electrons. The van der Waals surface area contributed by atoms with Gasteiger partial charge in [-0.05, 0) is 24.3 Å². The van der Waals surface area contributed by atoms with Gasteiger partial charge in [0.05, 0.1) is 42.5 Å². The van der Waals surface area contributed by atoms with Crippen LogP contribution >= 0.6 is 0 Å². The Kier molecular flexibility index (Phi) is 5.63.